The Bertz CT molecular complexity index is 592. The van der Waals surface area contributed by atoms with Crippen LogP contribution in [-0.4, -0.2) is 43.7 Å². The van der Waals surface area contributed by atoms with Crippen molar-refractivity contribution in [1.29, 1.82) is 5.26 Å². The number of nitrogens with one attached hydrogen (secondary N) is 2. The summed E-state index contributed by atoms with van der Waals surface area (Å²) in [6.45, 7) is 9.81. The molecular weight excluding hydrogens is 330 g/mol. The summed E-state index contributed by atoms with van der Waals surface area (Å²) in [5, 5.41) is 14.3. The lowest BCUT2D eigenvalue weighted by Gasteiger charge is -2.24. The highest BCUT2D eigenvalue weighted by molar-refractivity contribution is 5.81. The van der Waals surface area contributed by atoms with Crippen molar-refractivity contribution >= 4 is 17.5 Å². The van der Waals surface area contributed by atoms with Gasteiger partial charge in [-0.2, -0.15) is 10.2 Å². The molecule has 0 bridgehead atoms. The van der Waals surface area contributed by atoms with Crippen LogP contribution in [0.1, 0.15) is 40.0 Å². The van der Waals surface area contributed by atoms with E-state index in [9.17, 15) is 0 Å². The number of guanidine groups is 1. The van der Waals surface area contributed by atoms with Gasteiger partial charge in [-0.25, -0.2) is 0 Å². The molecule has 1 rings (SSSR count). The highest BCUT2D eigenvalue weighted by Gasteiger charge is 2.09. The SMILES string of the molecule is CCCN=C(NC#N)NCCOc1cc(N(CCC)CCC)cc(N)n1. The molecule has 26 heavy (non-hydrogen) atoms. The van der Waals surface area contributed by atoms with Crippen LogP contribution in [-0.2, 0) is 0 Å². The lowest BCUT2D eigenvalue weighted by molar-refractivity contribution is 0.310. The number of anilines is 2. The van der Waals surface area contributed by atoms with Crippen LogP contribution in [0.15, 0.2) is 17.1 Å². The molecule has 0 saturated heterocycles. The molecule has 0 aliphatic rings. The van der Waals surface area contributed by atoms with Gasteiger partial charge in [-0.15, -0.1) is 0 Å². The van der Waals surface area contributed by atoms with Crippen molar-refractivity contribution in [2.75, 3.05) is 43.4 Å². The van der Waals surface area contributed by atoms with Crippen molar-refractivity contribution < 1.29 is 4.74 Å². The first-order valence-corrected chi connectivity index (χ1v) is 9.23. The second kappa shape index (κ2) is 12.6. The Hall–Kier alpha value is -2.69. The minimum atomic E-state index is 0.385. The third-order valence-electron chi connectivity index (χ3n) is 3.47. The molecule has 0 atom stereocenters. The van der Waals surface area contributed by atoms with E-state index >= 15 is 0 Å². The number of rotatable bonds is 11. The van der Waals surface area contributed by atoms with Gasteiger partial charge in [-0.1, -0.05) is 20.8 Å². The zero-order valence-electron chi connectivity index (χ0n) is 16.1. The molecule has 1 aromatic heterocycles. The first kappa shape index (κ1) is 21.4. The Kier molecular flexibility index (Phi) is 10.4. The summed E-state index contributed by atoms with van der Waals surface area (Å²) >= 11 is 0. The number of ether oxygens (including phenoxy) is 1. The summed E-state index contributed by atoms with van der Waals surface area (Å²) in [5.74, 6) is 1.40. The molecule has 8 heteroatoms. The van der Waals surface area contributed by atoms with Gasteiger partial charge in [0.05, 0.1) is 6.54 Å². The summed E-state index contributed by atoms with van der Waals surface area (Å²) in [4.78, 5) is 10.8. The number of aromatic nitrogens is 1. The summed E-state index contributed by atoms with van der Waals surface area (Å²) in [6, 6.07) is 3.80. The minimum absolute atomic E-state index is 0.385. The standard InChI is InChI=1S/C18H31N7O/c1-4-7-21-18(23-14-19)22-8-11-26-17-13-15(12-16(20)24-17)25(9-5-2)10-6-3/h12-13H,4-11H2,1-3H3,(H2,20,24)(H2,21,22,23). The van der Waals surface area contributed by atoms with Crippen LogP contribution < -0.4 is 26.0 Å². The van der Waals surface area contributed by atoms with Gasteiger partial charge < -0.3 is 20.7 Å². The van der Waals surface area contributed by atoms with Crippen molar-refractivity contribution in [3.63, 3.8) is 0 Å². The average molecular weight is 361 g/mol. The Labute approximate surface area is 156 Å². The Morgan fingerprint density at radius 3 is 2.62 bits per heavy atom. The van der Waals surface area contributed by atoms with Crippen molar-refractivity contribution in [3.05, 3.63) is 12.1 Å². The summed E-state index contributed by atoms with van der Waals surface area (Å²) in [5.41, 5.74) is 6.97. The quantitative estimate of drug-likeness (QED) is 0.182. The van der Waals surface area contributed by atoms with Crippen LogP contribution in [0.2, 0.25) is 0 Å². The van der Waals surface area contributed by atoms with Gasteiger partial charge in [0.15, 0.2) is 6.19 Å². The fourth-order valence-corrected chi connectivity index (χ4v) is 2.42. The van der Waals surface area contributed by atoms with Crippen LogP contribution >= 0.6 is 0 Å². The number of aliphatic imine (C=N–C) groups is 1. The van der Waals surface area contributed by atoms with Crippen LogP contribution in [0.4, 0.5) is 11.5 Å². The molecule has 0 amide bonds. The first-order chi connectivity index (χ1) is 12.6. The second-order valence-electron chi connectivity index (χ2n) is 5.82. The fourth-order valence-electron chi connectivity index (χ4n) is 2.42. The minimum Gasteiger partial charge on any atom is -0.476 e. The Morgan fingerprint density at radius 1 is 1.27 bits per heavy atom. The molecule has 0 aliphatic heterocycles. The van der Waals surface area contributed by atoms with E-state index in [0.717, 1.165) is 38.0 Å². The third-order valence-corrected chi connectivity index (χ3v) is 3.47. The van der Waals surface area contributed by atoms with Crippen molar-refractivity contribution in [2.24, 2.45) is 4.99 Å². The van der Waals surface area contributed by atoms with Gasteiger partial charge in [-0.3, -0.25) is 10.3 Å². The van der Waals surface area contributed by atoms with Gasteiger partial charge in [-0.05, 0) is 19.3 Å². The van der Waals surface area contributed by atoms with E-state index in [-0.39, 0.29) is 0 Å². The maximum absolute atomic E-state index is 8.73. The molecule has 0 fully saturated rings. The number of hydrogen-bond acceptors (Lipinski definition) is 6. The molecule has 0 aliphatic carbocycles. The largest absolute Gasteiger partial charge is 0.476 e. The van der Waals surface area contributed by atoms with Gasteiger partial charge in [0.2, 0.25) is 11.8 Å². The number of hydrogen-bond donors (Lipinski definition) is 3. The van der Waals surface area contributed by atoms with Crippen LogP contribution in [0, 0.1) is 11.5 Å². The smallest absolute Gasteiger partial charge is 0.217 e. The molecule has 1 aromatic rings. The van der Waals surface area contributed by atoms with Gasteiger partial charge in [0, 0.05) is 37.5 Å². The number of nitrogens with zero attached hydrogens (tertiary/aromatic N) is 4. The maximum atomic E-state index is 8.73. The average Bonchev–Trinajstić information content (AvgIpc) is 2.62. The van der Waals surface area contributed by atoms with Crippen LogP contribution in [0.3, 0.4) is 0 Å². The Morgan fingerprint density at radius 2 is 2.00 bits per heavy atom. The summed E-state index contributed by atoms with van der Waals surface area (Å²) < 4.78 is 5.72. The maximum Gasteiger partial charge on any atom is 0.217 e. The van der Waals surface area contributed by atoms with E-state index in [4.69, 9.17) is 15.7 Å². The number of nitriles is 1. The molecule has 0 spiro atoms. The zero-order valence-corrected chi connectivity index (χ0v) is 16.1. The molecule has 8 nitrogen and oxygen atoms in total. The highest BCUT2D eigenvalue weighted by atomic mass is 16.5. The van der Waals surface area contributed by atoms with E-state index in [1.54, 1.807) is 0 Å². The molecule has 144 valence electrons. The lowest BCUT2D eigenvalue weighted by atomic mass is 10.3. The monoisotopic (exact) mass is 361 g/mol. The normalized spacial score (nSPS) is 10.9. The molecular formula is C18H31N7O. The lowest BCUT2D eigenvalue weighted by Crippen LogP contribution is -2.37. The van der Waals surface area contributed by atoms with Gasteiger partial charge >= 0.3 is 0 Å². The summed E-state index contributed by atoms with van der Waals surface area (Å²) in [7, 11) is 0. The van der Waals surface area contributed by atoms with Crippen LogP contribution in [0.25, 0.3) is 0 Å². The molecule has 0 aromatic carbocycles. The highest BCUT2D eigenvalue weighted by Crippen LogP contribution is 2.23. The second-order valence-corrected chi connectivity index (χ2v) is 5.82. The molecule has 1 heterocycles. The van der Waals surface area contributed by atoms with E-state index in [1.807, 2.05) is 25.2 Å². The topological polar surface area (TPSA) is 112 Å². The zero-order chi connectivity index (χ0) is 19.2. The number of nitrogens with two attached hydrogens (primary N) is 1. The molecule has 0 saturated carbocycles. The van der Waals surface area contributed by atoms with Crippen molar-refractivity contribution in [3.8, 4) is 12.1 Å². The molecule has 0 unspecified atom stereocenters. The van der Waals surface area contributed by atoms with E-state index in [2.05, 4.69) is 39.4 Å². The van der Waals surface area contributed by atoms with E-state index in [0.29, 0.717) is 37.4 Å². The molecule has 0 radical (unpaired) electrons. The predicted octanol–water partition coefficient (Wildman–Crippen LogP) is 2.10. The Balaban J connectivity index is 2.63. The van der Waals surface area contributed by atoms with Crippen molar-refractivity contribution in [1.82, 2.24) is 15.6 Å². The predicted molar refractivity (Wildman–Crippen MR) is 106 cm³/mol. The first-order valence-electron chi connectivity index (χ1n) is 9.23. The van der Waals surface area contributed by atoms with Gasteiger partial charge in [0.1, 0.15) is 12.4 Å². The molecule has 4 N–H and O–H groups in total. The van der Waals surface area contributed by atoms with Gasteiger partial charge in [0.25, 0.3) is 0 Å². The van der Waals surface area contributed by atoms with E-state index in [1.165, 1.54) is 0 Å². The number of pyridine rings is 1. The third kappa shape index (κ3) is 7.92. The number of nitrogen functional groups attached to an aromatic ring is 1. The van der Waals surface area contributed by atoms with E-state index < -0.39 is 0 Å². The fraction of sp³-hybridized carbons (Fsp3) is 0.611. The summed E-state index contributed by atoms with van der Waals surface area (Å²) in [6.07, 6.45) is 4.91. The van der Waals surface area contributed by atoms with Crippen molar-refractivity contribution in [2.45, 2.75) is 40.0 Å². The van der Waals surface area contributed by atoms with Crippen LogP contribution in [0.5, 0.6) is 5.88 Å².